The topological polar surface area (TPSA) is 47.6 Å². The Morgan fingerprint density at radius 3 is 2.29 bits per heavy atom. The molecule has 128 valence electrons. The van der Waals surface area contributed by atoms with Gasteiger partial charge in [0.1, 0.15) is 11.5 Å². The van der Waals surface area contributed by atoms with Gasteiger partial charge in [0.2, 0.25) is 5.91 Å². The summed E-state index contributed by atoms with van der Waals surface area (Å²) in [6.07, 6.45) is 1.11. The van der Waals surface area contributed by atoms with E-state index in [2.05, 4.69) is 19.2 Å². The number of nitrogens with one attached hydrogen (secondary N) is 1. The monoisotopic (exact) mass is 327 g/mol. The van der Waals surface area contributed by atoms with E-state index in [1.54, 1.807) is 0 Å². The zero-order chi connectivity index (χ0) is 17.2. The van der Waals surface area contributed by atoms with Crippen molar-refractivity contribution < 1.29 is 14.3 Å². The summed E-state index contributed by atoms with van der Waals surface area (Å²) in [5.41, 5.74) is 0.779. The molecule has 0 aromatic heterocycles. The fourth-order valence-electron chi connectivity index (χ4n) is 2.06. The third-order valence-electron chi connectivity index (χ3n) is 3.28. The van der Waals surface area contributed by atoms with E-state index in [1.165, 1.54) is 0 Å². The molecule has 0 fully saturated rings. The van der Waals surface area contributed by atoms with Crippen LogP contribution in [-0.2, 0) is 4.79 Å². The fraction of sp³-hybridized carbons (Fsp3) is 0.350. The lowest BCUT2D eigenvalue weighted by Crippen LogP contribution is -2.12. The van der Waals surface area contributed by atoms with Crippen LogP contribution in [0.4, 0.5) is 5.69 Å². The quantitative estimate of drug-likeness (QED) is 0.689. The van der Waals surface area contributed by atoms with Crippen LogP contribution in [-0.4, -0.2) is 19.1 Å². The van der Waals surface area contributed by atoms with Crippen LogP contribution in [0.5, 0.6) is 11.5 Å². The molecule has 0 heterocycles. The maximum absolute atomic E-state index is 11.9. The van der Waals surface area contributed by atoms with Gasteiger partial charge in [-0.05, 0) is 48.7 Å². The highest BCUT2D eigenvalue weighted by Gasteiger charge is 2.03. The lowest BCUT2D eigenvalue weighted by molar-refractivity contribution is -0.116. The molecular formula is C20H25NO3. The molecule has 0 saturated carbocycles. The zero-order valence-electron chi connectivity index (χ0n) is 14.3. The number of hydrogen-bond donors (Lipinski definition) is 1. The SMILES string of the molecule is CC(C)COc1ccc(NC(=O)CCCOc2ccccc2)cc1. The molecule has 0 unspecified atom stereocenters. The number of rotatable bonds is 9. The van der Waals surface area contributed by atoms with Crippen molar-refractivity contribution in [1.29, 1.82) is 0 Å². The van der Waals surface area contributed by atoms with Crippen LogP contribution in [0.3, 0.4) is 0 Å². The van der Waals surface area contributed by atoms with E-state index in [0.29, 0.717) is 32.0 Å². The molecule has 0 aliphatic rings. The van der Waals surface area contributed by atoms with E-state index < -0.39 is 0 Å². The largest absolute Gasteiger partial charge is 0.494 e. The van der Waals surface area contributed by atoms with Crippen LogP contribution < -0.4 is 14.8 Å². The van der Waals surface area contributed by atoms with E-state index in [-0.39, 0.29) is 5.91 Å². The summed E-state index contributed by atoms with van der Waals surface area (Å²) in [4.78, 5) is 11.9. The average Bonchev–Trinajstić information content (AvgIpc) is 2.59. The number of ether oxygens (including phenoxy) is 2. The smallest absolute Gasteiger partial charge is 0.224 e. The molecule has 2 aromatic rings. The Balaban J connectivity index is 1.66. The number of benzene rings is 2. The maximum atomic E-state index is 11.9. The average molecular weight is 327 g/mol. The minimum absolute atomic E-state index is 0.0116. The number of amides is 1. The number of carbonyl (C=O) groups is 1. The summed E-state index contributed by atoms with van der Waals surface area (Å²) >= 11 is 0. The van der Waals surface area contributed by atoms with Crippen LogP contribution in [0.15, 0.2) is 54.6 Å². The summed E-state index contributed by atoms with van der Waals surface area (Å²) in [5.74, 6) is 2.12. The molecule has 0 aliphatic carbocycles. The summed E-state index contributed by atoms with van der Waals surface area (Å²) in [6, 6.07) is 17.1. The highest BCUT2D eigenvalue weighted by Crippen LogP contribution is 2.17. The van der Waals surface area contributed by atoms with Crippen molar-refractivity contribution >= 4 is 11.6 Å². The zero-order valence-corrected chi connectivity index (χ0v) is 14.3. The van der Waals surface area contributed by atoms with Crippen molar-refractivity contribution in [3.63, 3.8) is 0 Å². The van der Waals surface area contributed by atoms with Crippen LogP contribution in [0, 0.1) is 5.92 Å². The van der Waals surface area contributed by atoms with Crippen LogP contribution in [0.25, 0.3) is 0 Å². The van der Waals surface area contributed by atoms with Gasteiger partial charge in [0.05, 0.1) is 13.2 Å². The van der Waals surface area contributed by atoms with Gasteiger partial charge in [0.25, 0.3) is 0 Å². The van der Waals surface area contributed by atoms with Crippen molar-refractivity contribution in [3.05, 3.63) is 54.6 Å². The van der Waals surface area contributed by atoms with Crippen molar-refractivity contribution in [1.82, 2.24) is 0 Å². The second kappa shape index (κ2) is 9.60. The van der Waals surface area contributed by atoms with E-state index in [0.717, 1.165) is 17.2 Å². The predicted octanol–water partition coefficient (Wildman–Crippen LogP) is 4.52. The van der Waals surface area contributed by atoms with Gasteiger partial charge >= 0.3 is 0 Å². The molecule has 4 nitrogen and oxygen atoms in total. The minimum atomic E-state index is -0.0116. The lowest BCUT2D eigenvalue weighted by Gasteiger charge is -2.10. The van der Waals surface area contributed by atoms with Gasteiger partial charge in [0, 0.05) is 12.1 Å². The number of para-hydroxylation sites is 1. The highest BCUT2D eigenvalue weighted by molar-refractivity contribution is 5.90. The van der Waals surface area contributed by atoms with Gasteiger partial charge in [-0.25, -0.2) is 0 Å². The number of anilines is 1. The first-order chi connectivity index (χ1) is 11.6. The molecule has 2 rings (SSSR count). The van der Waals surface area contributed by atoms with Crippen LogP contribution >= 0.6 is 0 Å². The summed E-state index contributed by atoms with van der Waals surface area (Å²) in [7, 11) is 0. The summed E-state index contributed by atoms with van der Waals surface area (Å²) in [6.45, 7) is 5.43. The molecule has 0 spiro atoms. The Morgan fingerprint density at radius 2 is 1.62 bits per heavy atom. The van der Waals surface area contributed by atoms with E-state index >= 15 is 0 Å². The van der Waals surface area contributed by atoms with Crippen molar-refractivity contribution in [2.75, 3.05) is 18.5 Å². The fourth-order valence-corrected chi connectivity index (χ4v) is 2.06. The van der Waals surface area contributed by atoms with Gasteiger partial charge in [-0.2, -0.15) is 0 Å². The Hall–Kier alpha value is -2.49. The molecule has 0 atom stereocenters. The first kappa shape index (κ1) is 17.9. The van der Waals surface area contributed by atoms with Gasteiger partial charge in [-0.3, -0.25) is 4.79 Å². The molecule has 1 N–H and O–H groups in total. The normalized spacial score (nSPS) is 10.5. The highest BCUT2D eigenvalue weighted by atomic mass is 16.5. The molecule has 2 aromatic carbocycles. The molecule has 4 heteroatoms. The van der Waals surface area contributed by atoms with Gasteiger partial charge in [-0.15, -0.1) is 0 Å². The van der Waals surface area contributed by atoms with Crippen molar-refractivity contribution in [3.8, 4) is 11.5 Å². The third-order valence-corrected chi connectivity index (χ3v) is 3.28. The number of carbonyl (C=O) groups excluding carboxylic acids is 1. The van der Waals surface area contributed by atoms with E-state index in [4.69, 9.17) is 9.47 Å². The van der Waals surface area contributed by atoms with Crippen molar-refractivity contribution in [2.24, 2.45) is 5.92 Å². The second-order valence-electron chi connectivity index (χ2n) is 6.04. The van der Waals surface area contributed by atoms with Crippen LogP contribution in [0.1, 0.15) is 26.7 Å². The molecule has 1 amide bonds. The van der Waals surface area contributed by atoms with E-state index in [9.17, 15) is 4.79 Å². The Bertz CT molecular complexity index is 609. The molecule has 0 bridgehead atoms. The minimum Gasteiger partial charge on any atom is -0.494 e. The Labute approximate surface area is 143 Å². The molecular weight excluding hydrogens is 302 g/mol. The molecule has 0 aliphatic heterocycles. The standard InChI is InChI=1S/C20H25NO3/c1-16(2)15-24-19-12-10-17(11-13-19)21-20(22)9-6-14-23-18-7-4-3-5-8-18/h3-5,7-8,10-13,16H,6,9,14-15H2,1-2H3,(H,21,22). The third kappa shape index (κ3) is 6.73. The van der Waals surface area contributed by atoms with Gasteiger partial charge < -0.3 is 14.8 Å². The summed E-state index contributed by atoms with van der Waals surface area (Å²) in [5, 5.41) is 2.88. The Kier molecular flexibility index (Phi) is 7.15. The Morgan fingerprint density at radius 1 is 0.958 bits per heavy atom. The summed E-state index contributed by atoms with van der Waals surface area (Å²) < 4.78 is 11.2. The maximum Gasteiger partial charge on any atom is 0.224 e. The number of hydrogen-bond acceptors (Lipinski definition) is 3. The predicted molar refractivity (Wildman–Crippen MR) is 96.6 cm³/mol. The first-order valence-corrected chi connectivity index (χ1v) is 8.34. The molecule has 24 heavy (non-hydrogen) atoms. The van der Waals surface area contributed by atoms with Crippen LogP contribution in [0.2, 0.25) is 0 Å². The van der Waals surface area contributed by atoms with Crippen molar-refractivity contribution in [2.45, 2.75) is 26.7 Å². The van der Waals surface area contributed by atoms with Gasteiger partial charge in [-0.1, -0.05) is 32.0 Å². The first-order valence-electron chi connectivity index (χ1n) is 8.34. The lowest BCUT2D eigenvalue weighted by atomic mass is 10.2. The van der Waals surface area contributed by atoms with E-state index in [1.807, 2.05) is 54.6 Å². The molecule has 0 radical (unpaired) electrons. The molecule has 0 saturated heterocycles. The van der Waals surface area contributed by atoms with Gasteiger partial charge in [0.15, 0.2) is 0 Å². The second-order valence-corrected chi connectivity index (χ2v) is 6.04.